The molecule has 4 nitrogen and oxygen atoms in total. The summed E-state index contributed by atoms with van der Waals surface area (Å²) in [6.07, 6.45) is 7.85. The summed E-state index contributed by atoms with van der Waals surface area (Å²) in [5, 5.41) is 12.2. The molecule has 0 amide bonds. The Morgan fingerprint density at radius 3 is 2.88 bits per heavy atom. The quantitative estimate of drug-likeness (QED) is 0.804. The number of anilines is 1. The van der Waals surface area contributed by atoms with E-state index in [1.54, 1.807) is 18.0 Å². The highest BCUT2D eigenvalue weighted by molar-refractivity contribution is 8.01. The number of carboxylic acid groups (broad SMARTS) is 1. The molecule has 0 bridgehead atoms. The van der Waals surface area contributed by atoms with E-state index in [2.05, 4.69) is 5.32 Å². The fourth-order valence-electron chi connectivity index (χ4n) is 2.74. The molecule has 1 aromatic rings. The van der Waals surface area contributed by atoms with E-state index >= 15 is 0 Å². The summed E-state index contributed by atoms with van der Waals surface area (Å²) in [4.78, 5) is 11.9. The Morgan fingerprint density at radius 1 is 1.41 bits per heavy atom. The zero-order valence-electron chi connectivity index (χ0n) is 9.49. The molecule has 2 N–H and O–H groups in total. The second-order valence-corrected chi connectivity index (χ2v) is 6.32. The number of thioether (sulfide) groups is 1. The predicted molar refractivity (Wildman–Crippen MR) is 65.8 cm³/mol. The van der Waals surface area contributed by atoms with Gasteiger partial charge in [0, 0.05) is 11.3 Å². The summed E-state index contributed by atoms with van der Waals surface area (Å²) in [5.41, 5.74) is 0.665. The van der Waals surface area contributed by atoms with Gasteiger partial charge in [0.15, 0.2) is 0 Å². The van der Waals surface area contributed by atoms with Crippen molar-refractivity contribution in [2.24, 2.45) is 0 Å². The first-order chi connectivity index (χ1) is 8.20. The number of carbonyl (C=O) groups is 1. The topological polar surface area (TPSA) is 62.5 Å². The summed E-state index contributed by atoms with van der Waals surface area (Å²) in [6.45, 7) is 0.852. The smallest absolute Gasteiger partial charge is 0.374 e. The third-order valence-corrected chi connectivity index (χ3v) is 5.14. The van der Waals surface area contributed by atoms with Gasteiger partial charge in [-0.05, 0) is 12.8 Å². The second-order valence-electron chi connectivity index (χ2n) is 4.81. The molecule has 3 rings (SSSR count). The van der Waals surface area contributed by atoms with Crippen LogP contribution in [0.4, 0.5) is 5.69 Å². The van der Waals surface area contributed by atoms with Crippen molar-refractivity contribution in [2.75, 3.05) is 11.9 Å². The van der Waals surface area contributed by atoms with Crippen molar-refractivity contribution in [1.29, 1.82) is 0 Å². The first kappa shape index (κ1) is 11.0. The van der Waals surface area contributed by atoms with Crippen LogP contribution >= 0.6 is 11.8 Å². The summed E-state index contributed by atoms with van der Waals surface area (Å²) in [6, 6.07) is 0. The molecule has 5 heteroatoms. The third kappa shape index (κ3) is 1.82. The molecule has 2 aliphatic rings. The highest BCUT2D eigenvalue weighted by Gasteiger charge is 2.39. The van der Waals surface area contributed by atoms with E-state index in [9.17, 15) is 4.79 Å². The van der Waals surface area contributed by atoms with Crippen molar-refractivity contribution in [2.45, 2.75) is 41.7 Å². The van der Waals surface area contributed by atoms with Crippen LogP contribution in [-0.4, -0.2) is 22.4 Å². The van der Waals surface area contributed by atoms with Crippen molar-refractivity contribution in [1.82, 2.24) is 0 Å². The van der Waals surface area contributed by atoms with E-state index < -0.39 is 5.97 Å². The average Bonchev–Trinajstić information content (AvgIpc) is 2.72. The molecular formula is C12H15NO3S. The van der Waals surface area contributed by atoms with Gasteiger partial charge in [-0.3, -0.25) is 0 Å². The number of furan rings is 1. The van der Waals surface area contributed by atoms with Crippen LogP contribution in [0.2, 0.25) is 0 Å². The minimum Gasteiger partial charge on any atom is -0.475 e. The molecule has 0 atom stereocenters. The summed E-state index contributed by atoms with van der Waals surface area (Å²) in [5.74, 6) is -0.961. The van der Waals surface area contributed by atoms with Gasteiger partial charge >= 0.3 is 5.97 Å². The highest BCUT2D eigenvalue weighted by atomic mass is 32.2. The van der Waals surface area contributed by atoms with Gasteiger partial charge in [-0.2, -0.15) is 0 Å². The Bertz CT molecular complexity index is 449. The maximum absolute atomic E-state index is 11.0. The molecule has 1 fully saturated rings. The Kier molecular flexibility index (Phi) is 2.58. The molecule has 1 aliphatic carbocycles. The highest BCUT2D eigenvalue weighted by Crippen LogP contribution is 2.50. The van der Waals surface area contributed by atoms with Crippen molar-refractivity contribution in [3.05, 3.63) is 12.0 Å². The summed E-state index contributed by atoms with van der Waals surface area (Å²) in [7, 11) is 0. The normalized spacial score (nSPS) is 21.9. The van der Waals surface area contributed by atoms with Gasteiger partial charge in [-0.25, -0.2) is 4.79 Å². The van der Waals surface area contributed by atoms with E-state index in [4.69, 9.17) is 9.52 Å². The minimum absolute atomic E-state index is 0.0400. The Morgan fingerprint density at radius 2 is 2.18 bits per heavy atom. The fourth-order valence-corrected chi connectivity index (χ4v) is 4.20. The minimum atomic E-state index is -1.00. The van der Waals surface area contributed by atoms with Gasteiger partial charge in [0.25, 0.3) is 0 Å². The lowest BCUT2D eigenvalue weighted by atomic mass is 9.88. The van der Waals surface area contributed by atoms with E-state index in [-0.39, 0.29) is 10.5 Å². The van der Waals surface area contributed by atoms with Crippen LogP contribution in [0.25, 0.3) is 0 Å². The fraction of sp³-hybridized carbons (Fsp3) is 0.583. The van der Waals surface area contributed by atoms with Crippen molar-refractivity contribution in [3.8, 4) is 0 Å². The lowest BCUT2D eigenvalue weighted by molar-refractivity contribution is 0.0664. The molecule has 92 valence electrons. The van der Waals surface area contributed by atoms with Crippen LogP contribution in [-0.2, 0) is 0 Å². The van der Waals surface area contributed by atoms with E-state index in [1.807, 2.05) is 0 Å². The van der Waals surface area contributed by atoms with Gasteiger partial charge in [0.2, 0.25) is 5.76 Å². The number of aromatic carboxylic acids is 1. The van der Waals surface area contributed by atoms with Gasteiger partial charge in [-0.15, -0.1) is 11.8 Å². The zero-order chi connectivity index (χ0) is 11.9. The van der Waals surface area contributed by atoms with Gasteiger partial charge in [-0.1, -0.05) is 19.3 Å². The predicted octanol–water partition coefficient (Wildman–Crippen LogP) is 3.20. The van der Waals surface area contributed by atoms with E-state index in [0.29, 0.717) is 5.69 Å². The van der Waals surface area contributed by atoms with Crippen LogP contribution < -0.4 is 5.32 Å². The van der Waals surface area contributed by atoms with Gasteiger partial charge in [0.05, 0.1) is 4.90 Å². The summed E-state index contributed by atoms with van der Waals surface area (Å²) >= 11 is 1.80. The monoisotopic (exact) mass is 253 g/mol. The maximum atomic E-state index is 11.0. The number of fused-ring (bicyclic) bond motifs is 1. The van der Waals surface area contributed by atoms with E-state index in [0.717, 1.165) is 11.4 Å². The van der Waals surface area contributed by atoms with Crippen molar-refractivity contribution in [3.63, 3.8) is 0 Å². The van der Waals surface area contributed by atoms with Crippen LogP contribution in [0.5, 0.6) is 0 Å². The molecule has 0 radical (unpaired) electrons. The van der Waals surface area contributed by atoms with Crippen molar-refractivity contribution >= 4 is 23.4 Å². The molecule has 0 aromatic carbocycles. The number of carboxylic acids is 1. The summed E-state index contributed by atoms with van der Waals surface area (Å²) < 4.78 is 5.38. The van der Waals surface area contributed by atoms with Crippen LogP contribution in [0.3, 0.4) is 0 Å². The van der Waals surface area contributed by atoms with Crippen LogP contribution in [0.1, 0.15) is 42.7 Å². The number of rotatable bonds is 1. The lowest BCUT2D eigenvalue weighted by Crippen LogP contribution is -2.38. The SMILES string of the molecule is O=C(O)c1occ2c1NCC1(CCCCC1)S2. The van der Waals surface area contributed by atoms with Gasteiger partial charge in [0.1, 0.15) is 12.0 Å². The molecule has 1 aliphatic heterocycles. The molecule has 0 saturated heterocycles. The third-order valence-electron chi connectivity index (χ3n) is 3.63. The largest absolute Gasteiger partial charge is 0.475 e. The second kappa shape index (κ2) is 3.98. The number of hydrogen-bond donors (Lipinski definition) is 2. The Hall–Kier alpha value is -1.10. The van der Waals surface area contributed by atoms with Gasteiger partial charge < -0.3 is 14.8 Å². The Labute approximate surface area is 104 Å². The van der Waals surface area contributed by atoms with Crippen LogP contribution in [0.15, 0.2) is 15.6 Å². The molecule has 0 unspecified atom stereocenters. The maximum Gasteiger partial charge on any atom is 0.374 e. The lowest BCUT2D eigenvalue weighted by Gasteiger charge is -2.39. The molecule has 17 heavy (non-hydrogen) atoms. The molecule has 1 saturated carbocycles. The number of nitrogens with one attached hydrogen (secondary N) is 1. The zero-order valence-corrected chi connectivity index (χ0v) is 10.3. The van der Waals surface area contributed by atoms with Crippen molar-refractivity contribution < 1.29 is 14.3 Å². The first-order valence-electron chi connectivity index (χ1n) is 5.98. The molecule has 1 spiro atoms. The standard InChI is InChI=1S/C12H15NO3S/c14-11(15)10-9-8(6-16-10)17-12(7-13-9)4-2-1-3-5-12/h6,13H,1-5,7H2,(H,14,15). The van der Waals surface area contributed by atoms with Crippen LogP contribution in [0, 0.1) is 0 Å². The molecular weight excluding hydrogens is 238 g/mol. The Balaban J connectivity index is 1.88. The van der Waals surface area contributed by atoms with E-state index in [1.165, 1.54) is 32.1 Å². The average molecular weight is 253 g/mol. The first-order valence-corrected chi connectivity index (χ1v) is 6.80. The molecule has 2 heterocycles. The molecule has 1 aromatic heterocycles. The number of hydrogen-bond acceptors (Lipinski definition) is 4.